The summed E-state index contributed by atoms with van der Waals surface area (Å²) in [5.74, 6) is 0. The number of nitrogens with zero attached hydrogens (tertiary/aromatic N) is 4. The molecule has 0 radical (unpaired) electrons. The lowest BCUT2D eigenvalue weighted by atomic mass is 10.3. The predicted molar refractivity (Wildman–Crippen MR) is 65.8 cm³/mol. The van der Waals surface area contributed by atoms with Crippen LogP contribution in [0.2, 0.25) is 10.0 Å². The Morgan fingerprint density at radius 3 is 2.53 bits per heavy atom. The Kier molecular flexibility index (Phi) is 3.31. The van der Waals surface area contributed by atoms with Crippen LogP contribution in [0.25, 0.3) is 5.69 Å². The highest BCUT2D eigenvalue weighted by Crippen LogP contribution is 2.26. The van der Waals surface area contributed by atoms with Gasteiger partial charge in [-0.25, -0.2) is 4.79 Å². The van der Waals surface area contributed by atoms with E-state index >= 15 is 0 Å². The van der Waals surface area contributed by atoms with E-state index in [0.29, 0.717) is 15.7 Å². The van der Waals surface area contributed by atoms with E-state index in [0.717, 1.165) is 9.36 Å². The van der Waals surface area contributed by atoms with Crippen molar-refractivity contribution in [2.75, 3.05) is 0 Å². The van der Waals surface area contributed by atoms with Crippen LogP contribution in [0.1, 0.15) is 0 Å². The Morgan fingerprint density at radius 1 is 1.29 bits per heavy atom. The molecule has 0 aliphatic carbocycles. The molecule has 1 aromatic carbocycles. The largest absolute Gasteiger partial charge is 0.368 e. The molecule has 2 rings (SSSR count). The average molecular weight is 271 g/mol. The smallest absolute Gasteiger partial charge is 0.244 e. The topological polar surface area (TPSA) is 52.7 Å². The first-order valence-corrected chi connectivity index (χ1v) is 5.49. The van der Waals surface area contributed by atoms with Gasteiger partial charge in [0.2, 0.25) is 0 Å². The number of aromatic nitrogens is 4. The summed E-state index contributed by atoms with van der Waals surface area (Å²) in [6, 6.07) is 4.94. The first-order chi connectivity index (χ1) is 8.15. The van der Waals surface area contributed by atoms with E-state index in [4.69, 9.17) is 23.2 Å². The Bertz CT molecular complexity index is 597. The van der Waals surface area contributed by atoms with E-state index in [9.17, 15) is 4.79 Å². The van der Waals surface area contributed by atoms with Crippen molar-refractivity contribution in [2.45, 2.75) is 6.54 Å². The van der Waals surface area contributed by atoms with Crippen molar-refractivity contribution in [2.24, 2.45) is 0 Å². The normalized spacial score (nSPS) is 10.5. The molecule has 0 spiro atoms. The van der Waals surface area contributed by atoms with E-state index in [-0.39, 0.29) is 6.54 Å². The number of benzene rings is 1. The van der Waals surface area contributed by atoms with E-state index in [1.807, 2.05) is 0 Å². The lowest BCUT2D eigenvalue weighted by molar-refractivity contribution is 0.644. The average Bonchev–Trinajstić information content (AvgIpc) is 2.62. The third-order valence-corrected chi connectivity index (χ3v) is 2.70. The number of hydrogen-bond acceptors (Lipinski definition) is 3. The molecule has 0 saturated heterocycles. The number of tetrazole rings is 1. The molecule has 0 unspecified atom stereocenters. The summed E-state index contributed by atoms with van der Waals surface area (Å²) in [7, 11) is 0. The van der Waals surface area contributed by atoms with Crippen LogP contribution in [0.5, 0.6) is 0 Å². The summed E-state index contributed by atoms with van der Waals surface area (Å²) in [5.41, 5.74) is -0.0870. The fourth-order valence-electron chi connectivity index (χ4n) is 1.34. The molecule has 7 heteroatoms. The highest BCUT2D eigenvalue weighted by molar-refractivity contribution is 6.37. The Labute approximate surface area is 107 Å². The van der Waals surface area contributed by atoms with Gasteiger partial charge in [0.05, 0.1) is 16.6 Å². The standard InChI is InChI=1S/C10H8Cl2N4O/c1-2-6-15-10(17)16(14-13-15)9-7(11)4-3-5-8(9)12/h2-5H,1,6H2. The molecule has 0 amide bonds. The molecule has 88 valence electrons. The molecule has 0 saturated carbocycles. The third kappa shape index (κ3) is 2.11. The summed E-state index contributed by atoms with van der Waals surface area (Å²) in [5, 5.41) is 8.10. The monoisotopic (exact) mass is 270 g/mol. The molecule has 0 N–H and O–H groups in total. The van der Waals surface area contributed by atoms with Crippen molar-refractivity contribution in [3.8, 4) is 5.69 Å². The summed E-state index contributed by atoms with van der Waals surface area (Å²) in [6.45, 7) is 3.80. The summed E-state index contributed by atoms with van der Waals surface area (Å²) in [4.78, 5) is 11.9. The van der Waals surface area contributed by atoms with Gasteiger partial charge in [0.15, 0.2) is 0 Å². The minimum atomic E-state index is -0.417. The summed E-state index contributed by atoms with van der Waals surface area (Å²) in [6.07, 6.45) is 1.55. The first kappa shape index (κ1) is 11.9. The SMILES string of the molecule is C=CCn1nnn(-c2c(Cl)cccc2Cl)c1=O. The van der Waals surface area contributed by atoms with Crippen LogP contribution in [-0.2, 0) is 6.54 Å². The highest BCUT2D eigenvalue weighted by Gasteiger charge is 2.14. The number of para-hydroxylation sites is 1. The zero-order valence-electron chi connectivity index (χ0n) is 8.68. The summed E-state index contributed by atoms with van der Waals surface area (Å²) < 4.78 is 2.22. The maximum Gasteiger partial charge on any atom is 0.368 e. The zero-order chi connectivity index (χ0) is 12.4. The minimum absolute atomic E-state index is 0.279. The van der Waals surface area contributed by atoms with Crippen LogP contribution in [0.4, 0.5) is 0 Å². The van der Waals surface area contributed by atoms with Crippen LogP contribution in [0.15, 0.2) is 35.6 Å². The molecule has 17 heavy (non-hydrogen) atoms. The van der Waals surface area contributed by atoms with Gasteiger partial charge in [0.1, 0.15) is 5.69 Å². The van der Waals surface area contributed by atoms with E-state index in [1.165, 1.54) is 0 Å². The van der Waals surface area contributed by atoms with Gasteiger partial charge in [-0.2, -0.15) is 9.36 Å². The van der Waals surface area contributed by atoms with Crippen LogP contribution < -0.4 is 5.69 Å². The molecule has 0 bridgehead atoms. The second-order valence-corrected chi connectivity index (χ2v) is 4.03. The van der Waals surface area contributed by atoms with Crippen molar-refractivity contribution in [3.05, 3.63) is 51.4 Å². The molecule has 0 atom stereocenters. The zero-order valence-corrected chi connectivity index (χ0v) is 10.2. The first-order valence-electron chi connectivity index (χ1n) is 4.73. The molecular weight excluding hydrogens is 263 g/mol. The quantitative estimate of drug-likeness (QED) is 0.801. The van der Waals surface area contributed by atoms with Gasteiger partial charge in [-0.1, -0.05) is 35.3 Å². The van der Waals surface area contributed by atoms with Crippen LogP contribution >= 0.6 is 23.2 Å². The van der Waals surface area contributed by atoms with Crippen LogP contribution in [0.3, 0.4) is 0 Å². The molecule has 0 aliphatic heterocycles. The van der Waals surface area contributed by atoms with Crippen LogP contribution in [0, 0.1) is 0 Å². The number of allylic oxidation sites excluding steroid dienone is 1. The van der Waals surface area contributed by atoms with Gasteiger partial charge in [0, 0.05) is 0 Å². The van der Waals surface area contributed by atoms with Crippen molar-refractivity contribution in [1.82, 2.24) is 19.8 Å². The van der Waals surface area contributed by atoms with Gasteiger partial charge in [0.25, 0.3) is 0 Å². The Morgan fingerprint density at radius 2 is 1.94 bits per heavy atom. The molecule has 5 nitrogen and oxygen atoms in total. The second kappa shape index (κ2) is 4.73. The van der Waals surface area contributed by atoms with Gasteiger partial charge >= 0.3 is 5.69 Å². The fourth-order valence-corrected chi connectivity index (χ4v) is 1.90. The third-order valence-electron chi connectivity index (χ3n) is 2.09. The van der Waals surface area contributed by atoms with Crippen molar-refractivity contribution >= 4 is 23.2 Å². The maximum absolute atomic E-state index is 11.9. The molecular formula is C10H8Cl2N4O. The highest BCUT2D eigenvalue weighted by atomic mass is 35.5. The fraction of sp³-hybridized carbons (Fsp3) is 0.100. The van der Waals surface area contributed by atoms with E-state index in [1.54, 1.807) is 24.3 Å². The minimum Gasteiger partial charge on any atom is -0.244 e. The lowest BCUT2D eigenvalue weighted by Crippen LogP contribution is -2.24. The van der Waals surface area contributed by atoms with Gasteiger partial charge < -0.3 is 0 Å². The van der Waals surface area contributed by atoms with Crippen molar-refractivity contribution < 1.29 is 0 Å². The van der Waals surface area contributed by atoms with Crippen molar-refractivity contribution in [1.29, 1.82) is 0 Å². The number of rotatable bonds is 3. The predicted octanol–water partition coefficient (Wildman–Crippen LogP) is 1.92. The molecule has 2 aromatic rings. The molecule has 0 fully saturated rings. The molecule has 1 heterocycles. The molecule has 1 aromatic heterocycles. The Balaban J connectivity index is 2.62. The van der Waals surface area contributed by atoms with E-state index in [2.05, 4.69) is 17.0 Å². The van der Waals surface area contributed by atoms with Crippen molar-refractivity contribution in [3.63, 3.8) is 0 Å². The maximum atomic E-state index is 11.9. The summed E-state index contributed by atoms with van der Waals surface area (Å²) >= 11 is 12.0. The second-order valence-electron chi connectivity index (χ2n) is 3.21. The van der Waals surface area contributed by atoms with Gasteiger partial charge in [-0.05, 0) is 22.6 Å². The number of hydrogen-bond donors (Lipinski definition) is 0. The lowest BCUT2D eigenvalue weighted by Gasteiger charge is -2.03. The van der Waals surface area contributed by atoms with Crippen LogP contribution in [-0.4, -0.2) is 19.8 Å². The number of halogens is 2. The Hall–Kier alpha value is -1.59. The molecule has 0 aliphatic rings. The van der Waals surface area contributed by atoms with Gasteiger partial charge in [-0.15, -0.1) is 6.58 Å². The van der Waals surface area contributed by atoms with E-state index < -0.39 is 5.69 Å². The van der Waals surface area contributed by atoms with Gasteiger partial charge in [-0.3, -0.25) is 0 Å².